The lowest BCUT2D eigenvalue weighted by Gasteiger charge is -2.12. The Bertz CT molecular complexity index is 706. The Balaban J connectivity index is 2.00. The molecule has 8 heteroatoms. The van der Waals surface area contributed by atoms with Crippen LogP contribution in [0.25, 0.3) is 0 Å². The molecule has 6 nitrogen and oxygen atoms in total. The fourth-order valence-electron chi connectivity index (χ4n) is 2.29. The van der Waals surface area contributed by atoms with E-state index in [0.29, 0.717) is 23.7 Å². The van der Waals surface area contributed by atoms with E-state index in [1.54, 1.807) is 31.4 Å². The van der Waals surface area contributed by atoms with Gasteiger partial charge in [-0.05, 0) is 24.5 Å². The number of ether oxygens (including phenoxy) is 2. The summed E-state index contributed by atoms with van der Waals surface area (Å²) in [5, 5.41) is 5.39. The largest absolute Gasteiger partial charge is 0.493 e. The van der Waals surface area contributed by atoms with Crippen LogP contribution < -0.4 is 20.5 Å². The number of methoxy groups -OCH3 is 2. The number of nitrogens with two attached hydrogens (primary N) is 1. The molecule has 1 unspecified atom stereocenters. The molecule has 136 valence electrons. The second-order valence-electron chi connectivity index (χ2n) is 5.29. The van der Waals surface area contributed by atoms with Crippen molar-refractivity contribution in [1.29, 1.82) is 0 Å². The summed E-state index contributed by atoms with van der Waals surface area (Å²) in [5.41, 5.74) is 7.33. The second kappa shape index (κ2) is 9.65. The Morgan fingerprint density at radius 1 is 1.40 bits per heavy atom. The highest BCUT2D eigenvalue weighted by molar-refractivity contribution is 7.98. The maximum atomic E-state index is 12.3. The number of thiazole rings is 1. The molecule has 1 aromatic carbocycles. The number of hydrogen-bond donors (Lipinski definition) is 2. The average Bonchev–Trinajstić information content (AvgIpc) is 3.13. The number of carbonyl (C=O) groups is 1. The van der Waals surface area contributed by atoms with Gasteiger partial charge in [0.2, 0.25) is 0 Å². The maximum absolute atomic E-state index is 12.3. The molecule has 1 aromatic heterocycles. The van der Waals surface area contributed by atoms with Gasteiger partial charge >= 0.3 is 0 Å². The molecule has 0 aliphatic rings. The standard InChI is InChI=1S/C17H23N3O3S2/c1-22-14-6-4-5-11(15(14)23-2)9-19-16(21)13-10-25-17(20-13)12(18)7-8-24-3/h4-6,10,12H,7-9,18H2,1-3H3,(H,19,21). The highest BCUT2D eigenvalue weighted by atomic mass is 32.2. The lowest BCUT2D eigenvalue weighted by molar-refractivity contribution is 0.0946. The summed E-state index contributed by atoms with van der Waals surface area (Å²) in [6, 6.07) is 5.42. The maximum Gasteiger partial charge on any atom is 0.271 e. The minimum Gasteiger partial charge on any atom is -0.493 e. The summed E-state index contributed by atoms with van der Waals surface area (Å²) in [5.74, 6) is 1.98. The zero-order chi connectivity index (χ0) is 18.2. The van der Waals surface area contributed by atoms with Crippen LogP contribution in [-0.2, 0) is 6.54 Å². The van der Waals surface area contributed by atoms with Crippen LogP contribution >= 0.6 is 23.1 Å². The minimum atomic E-state index is -0.232. The van der Waals surface area contributed by atoms with Crippen molar-refractivity contribution in [2.24, 2.45) is 5.73 Å². The zero-order valence-corrected chi connectivity index (χ0v) is 16.2. The molecule has 0 saturated heterocycles. The Morgan fingerprint density at radius 3 is 2.88 bits per heavy atom. The van der Waals surface area contributed by atoms with Crippen LogP contribution in [0, 0.1) is 0 Å². The molecule has 0 aliphatic heterocycles. The van der Waals surface area contributed by atoms with Crippen molar-refractivity contribution in [3.8, 4) is 11.5 Å². The monoisotopic (exact) mass is 381 g/mol. The van der Waals surface area contributed by atoms with E-state index in [0.717, 1.165) is 22.7 Å². The van der Waals surface area contributed by atoms with Crippen molar-refractivity contribution < 1.29 is 14.3 Å². The third-order valence-electron chi connectivity index (χ3n) is 3.63. The number of carbonyl (C=O) groups excluding carboxylic acids is 1. The lowest BCUT2D eigenvalue weighted by atomic mass is 10.2. The molecule has 0 radical (unpaired) electrons. The van der Waals surface area contributed by atoms with E-state index in [9.17, 15) is 4.79 Å². The van der Waals surface area contributed by atoms with Crippen molar-refractivity contribution >= 4 is 29.0 Å². The average molecular weight is 382 g/mol. The van der Waals surface area contributed by atoms with Gasteiger partial charge in [-0.25, -0.2) is 4.98 Å². The molecule has 0 spiro atoms. The van der Waals surface area contributed by atoms with Crippen molar-refractivity contribution in [3.05, 3.63) is 39.8 Å². The van der Waals surface area contributed by atoms with Crippen LogP contribution in [0.3, 0.4) is 0 Å². The molecule has 25 heavy (non-hydrogen) atoms. The van der Waals surface area contributed by atoms with Gasteiger partial charge in [-0.2, -0.15) is 11.8 Å². The van der Waals surface area contributed by atoms with Crippen molar-refractivity contribution in [3.63, 3.8) is 0 Å². The summed E-state index contributed by atoms with van der Waals surface area (Å²) in [4.78, 5) is 16.7. The molecular weight excluding hydrogens is 358 g/mol. The van der Waals surface area contributed by atoms with Crippen molar-refractivity contribution in [1.82, 2.24) is 10.3 Å². The fourth-order valence-corrected chi connectivity index (χ4v) is 3.61. The molecule has 0 bridgehead atoms. The van der Waals surface area contributed by atoms with E-state index in [2.05, 4.69) is 10.3 Å². The summed E-state index contributed by atoms with van der Waals surface area (Å²) in [7, 11) is 3.16. The normalized spacial score (nSPS) is 11.8. The van der Waals surface area contributed by atoms with Gasteiger partial charge in [-0.1, -0.05) is 12.1 Å². The number of benzene rings is 1. The van der Waals surface area contributed by atoms with Crippen molar-refractivity contribution in [2.45, 2.75) is 19.0 Å². The molecule has 0 fully saturated rings. The Hall–Kier alpha value is -1.77. The van der Waals surface area contributed by atoms with Crippen molar-refractivity contribution in [2.75, 3.05) is 26.2 Å². The first-order chi connectivity index (χ1) is 12.1. The molecule has 3 N–H and O–H groups in total. The van der Waals surface area contributed by atoms with Crippen LogP contribution in [0.4, 0.5) is 0 Å². The van der Waals surface area contributed by atoms with Gasteiger partial charge in [-0.3, -0.25) is 4.79 Å². The predicted octanol–water partition coefficient (Wildman–Crippen LogP) is 2.84. The zero-order valence-electron chi connectivity index (χ0n) is 14.6. The first-order valence-electron chi connectivity index (χ1n) is 7.78. The third kappa shape index (κ3) is 5.10. The highest BCUT2D eigenvalue weighted by Crippen LogP contribution is 2.30. The van der Waals surface area contributed by atoms with Crippen LogP contribution in [0.2, 0.25) is 0 Å². The van der Waals surface area contributed by atoms with Gasteiger partial charge in [-0.15, -0.1) is 11.3 Å². The van der Waals surface area contributed by atoms with Gasteiger partial charge in [0, 0.05) is 17.5 Å². The summed E-state index contributed by atoms with van der Waals surface area (Å²) in [6.45, 7) is 0.324. The number of aromatic nitrogens is 1. The quantitative estimate of drug-likeness (QED) is 0.695. The summed E-state index contributed by atoms with van der Waals surface area (Å²) >= 11 is 3.17. The summed E-state index contributed by atoms with van der Waals surface area (Å²) < 4.78 is 10.6. The molecule has 2 aromatic rings. The van der Waals surface area contributed by atoms with E-state index >= 15 is 0 Å². The molecular formula is C17H23N3O3S2. The van der Waals surface area contributed by atoms with Gasteiger partial charge in [0.15, 0.2) is 11.5 Å². The lowest BCUT2D eigenvalue weighted by Crippen LogP contribution is -2.23. The molecule has 2 rings (SSSR count). The smallest absolute Gasteiger partial charge is 0.271 e. The predicted molar refractivity (Wildman–Crippen MR) is 103 cm³/mol. The Kier molecular flexibility index (Phi) is 7.54. The van der Waals surface area contributed by atoms with E-state index in [4.69, 9.17) is 15.2 Å². The summed E-state index contributed by atoms with van der Waals surface area (Å²) in [6.07, 6.45) is 2.89. The Labute approximate surface area is 156 Å². The number of nitrogens with zero attached hydrogens (tertiary/aromatic N) is 1. The molecule has 1 heterocycles. The van der Waals surface area contributed by atoms with E-state index in [1.165, 1.54) is 11.3 Å². The molecule has 0 aliphatic carbocycles. The number of para-hydroxylation sites is 1. The van der Waals surface area contributed by atoms with Gasteiger partial charge in [0.1, 0.15) is 10.7 Å². The first-order valence-corrected chi connectivity index (χ1v) is 10.1. The molecule has 1 atom stereocenters. The van der Waals surface area contributed by atoms with Crippen LogP contribution in [-0.4, -0.2) is 37.1 Å². The number of rotatable bonds is 9. The van der Waals surface area contributed by atoms with E-state index in [1.807, 2.05) is 24.5 Å². The van der Waals surface area contributed by atoms with Gasteiger partial charge < -0.3 is 20.5 Å². The topological polar surface area (TPSA) is 86.5 Å². The van der Waals surface area contributed by atoms with Crippen LogP contribution in [0.15, 0.2) is 23.6 Å². The first kappa shape index (κ1) is 19.6. The van der Waals surface area contributed by atoms with Crippen LogP contribution in [0.1, 0.15) is 33.5 Å². The SMILES string of the molecule is COc1cccc(CNC(=O)c2csc(C(N)CCSC)n2)c1OC. The number of hydrogen-bond acceptors (Lipinski definition) is 7. The second-order valence-corrected chi connectivity index (χ2v) is 7.17. The Morgan fingerprint density at radius 2 is 2.20 bits per heavy atom. The number of nitrogens with one attached hydrogen (secondary N) is 1. The van der Waals surface area contributed by atoms with Gasteiger partial charge in [0.05, 0.1) is 20.3 Å². The number of thioether (sulfide) groups is 1. The van der Waals surface area contributed by atoms with E-state index in [-0.39, 0.29) is 11.9 Å². The third-order valence-corrected chi connectivity index (χ3v) is 5.25. The van der Waals surface area contributed by atoms with Crippen LogP contribution in [0.5, 0.6) is 11.5 Å². The number of amides is 1. The van der Waals surface area contributed by atoms with E-state index < -0.39 is 0 Å². The molecule has 1 amide bonds. The fraction of sp³-hybridized carbons (Fsp3) is 0.412. The molecule has 0 saturated carbocycles. The van der Waals surface area contributed by atoms with Gasteiger partial charge in [0.25, 0.3) is 5.91 Å². The highest BCUT2D eigenvalue weighted by Gasteiger charge is 2.16. The minimum absolute atomic E-state index is 0.127.